The first-order chi connectivity index (χ1) is 25.9. The van der Waals surface area contributed by atoms with E-state index < -0.39 is 76.2 Å². The number of phenols is 1. The van der Waals surface area contributed by atoms with Gasteiger partial charge in [0.25, 0.3) is 11.8 Å². The number of fused-ring (bicyclic) bond motifs is 4. The van der Waals surface area contributed by atoms with Gasteiger partial charge in [0.15, 0.2) is 11.6 Å². The molecule has 3 N–H and O–H groups in total. The lowest BCUT2D eigenvalue weighted by molar-refractivity contribution is -0.138. The maximum Gasteiger partial charge on any atom is 0.335 e. The highest BCUT2D eigenvalue weighted by atomic mass is 35.5. The molecule has 11 nitrogen and oxygen atoms in total. The van der Waals surface area contributed by atoms with Crippen LogP contribution in [-0.2, 0) is 24.6 Å². The van der Waals surface area contributed by atoms with E-state index in [4.69, 9.17) is 27.9 Å². The summed E-state index contributed by atoms with van der Waals surface area (Å²) in [6.07, 6.45) is 1.84. The fraction of sp³-hybridized carbons (Fsp3) is 0.225. The summed E-state index contributed by atoms with van der Waals surface area (Å²) in [4.78, 5) is 71.4. The van der Waals surface area contributed by atoms with Crippen LogP contribution in [0.3, 0.4) is 0 Å². The Morgan fingerprint density at radius 1 is 0.926 bits per heavy atom. The number of methoxy groups -OCH3 is 1. The molecule has 2 saturated heterocycles. The molecule has 2 heterocycles. The van der Waals surface area contributed by atoms with Crippen LogP contribution in [-0.4, -0.2) is 51.9 Å². The van der Waals surface area contributed by atoms with Crippen molar-refractivity contribution in [1.82, 2.24) is 5.01 Å². The fourth-order valence-electron chi connectivity index (χ4n) is 8.95. The molecule has 274 valence electrons. The Hall–Kier alpha value is -5.72. The molecule has 1 saturated carbocycles. The van der Waals surface area contributed by atoms with E-state index in [9.17, 15) is 29.4 Å². The van der Waals surface area contributed by atoms with Crippen LogP contribution in [0.25, 0.3) is 0 Å². The van der Waals surface area contributed by atoms with Gasteiger partial charge < -0.3 is 14.9 Å². The smallest absolute Gasteiger partial charge is 0.335 e. The normalized spacial score (nSPS) is 25.9. The van der Waals surface area contributed by atoms with Crippen molar-refractivity contribution in [3.63, 3.8) is 0 Å². The Labute approximate surface area is 317 Å². The van der Waals surface area contributed by atoms with Crippen LogP contribution in [0.15, 0.2) is 96.6 Å². The van der Waals surface area contributed by atoms with Crippen molar-refractivity contribution in [3.05, 3.63) is 129 Å². The Morgan fingerprint density at radius 2 is 1.69 bits per heavy atom. The second-order valence-electron chi connectivity index (χ2n) is 13.8. The van der Waals surface area contributed by atoms with Crippen molar-refractivity contribution < 1.29 is 43.3 Å². The first kappa shape index (κ1) is 35.3. The average Bonchev–Trinajstić information content (AvgIpc) is 3.54. The Kier molecular flexibility index (Phi) is 8.50. The highest BCUT2D eigenvalue weighted by Gasteiger charge is 2.70. The molecule has 0 unspecified atom stereocenters. The van der Waals surface area contributed by atoms with Crippen LogP contribution in [0.4, 0.5) is 15.8 Å². The Bertz CT molecular complexity index is 2330. The summed E-state index contributed by atoms with van der Waals surface area (Å²) in [6, 6.07) is 20.5. The third kappa shape index (κ3) is 5.18. The van der Waals surface area contributed by atoms with Crippen molar-refractivity contribution in [2.24, 2.45) is 23.7 Å². The number of amides is 4. The zero-order valence-corrected chi connectivity index (χ0v) is 29.8. The minimum atomic E-state index is -1.73. The van der Waals surface area contributed by atoms with Crippen molar-refractivity contribution in [2.75, 3.05) is 17.4 Å². The number of rotatable bonds is 7. The number of phenolic OH excluding ortho intramolecular Hbond substituents is 1. The molecule has 4 aromatic carbocycles. The number of allylic oxidation sites excluding steroid dienone is 2. The summed E-state index contributed by atoms with van der Waals surface area (Å²) in [5, 5.41) is 21.2. The van der Waals surface area contributed by atoms with Gasteiger partial charge >= 0.3 is 5.97 Å². The number of imide groups is 2. The van der Waals surface area contributed by atoms with E-state index in [1.54, 1.807) is 30.3 Å². The van der Waals surface area contributed by atoms with E-state index in [0.29, 0.717) is 21.9 Å². The van der Waals surface area contributed by atoms with Crippen LogP contribution in [0.5, 0.6) is 11.5 Å². The number of carbonyl (C=O) groups excluding carboxylic acids is 4. The van der Waals surface area contributed by atoms with Gasteiger partial charge in [0.2, 0.25) is 11.8 Å². The topological polar surface area (TPSA) is 154 Å². The molecule has 0 aromatic heterocycles. The molecule has 4 aliphatic rings. The number of carboxylic acid groups (broad SMARTS) is 1. The van der Waals surface area contributed by atoms with Crippen LogP contribution in [0.2, 0.25) is 10.0 Å². The number of hydrazine groups is 1. The molecule has 4 aromatic rings. The number of nitrogens with one attached hydrogen (secondary N) is 1. The van der Waals surface area contributed by atoms with Gasteiger partial charge in [0.05, 0.1) is 52.2 Å². The maximum atomic E-state index is 15.4. The molecule has 14 heteroatoms. The van der Waals surface area contributed by atoms with Crippen molar-refractivity contribution in [2.45, 2.75) is 24.2 Å². The Balaban J connectivity index is 1.32. The van der Waals surface area contributed by atoms with E-state index in [2.05, 4.69) is 5.43 Å². The molecular weight excluding hydrogens is 740 g/mol. The molecule has 0 radical (unpaired) electrons. The van der Waals surface area contributed by atoms with Gasteiger partial charge in [-0.1, -0.05) is 59.1 Å². The molecule has 2 aliphatic heterocycles. The lowest BCUT2D eigenvalue weighted by Crippen LogP contribution is -2.53. The number of aromatic carboxylic acids is 1. The summed E-state index contributed by atoms with van der Waals surface area (Å²) in [7, 11) is 1.49. The molecule has 8 rings (SSSR count). The maximum absolute atomic E-state index is 15.4. The molecule has 0 spiro atoms. The minimum Gasteiger partial charge on any atom is -0.505 e. The average molecular weight is 771 g/mol. The number of nitrogens with zero attached hydrogens (tertiary/aromatic N) is 2. The van der Waals surface area contributed by atoms with E-state index in [0.717, 1.165) is 16.0 Å². The molecule has 0 bridgehead atoms. The first-order valence-electron chi connectivity index (χ1n) is 17.0. The van der Waals surface area contributed by atoms with Crippen molar-refractivity contribution in [3.8, 4) is 11.5 Å². The molecule has 54 heavy (non-hydrogen) atoms. The summed E-state index contributed by atoms with van der Waals surface area (Å²) >= 11 is 12.6. The number of hydrogen-bond donors (Lipinski definition) is 3. The summed E-state index contributed by atoms with van der Waals surface area (Å²) in [5.41, 5.74) is 2.61. The summed E-state index contributed by atoms with van der Waals surface area (Å²) < 4.78 is 20.8. The second-order valence-corrected chi connectivity index (χ2v) is 14.6. The molecule has 3 fully saturated rings. The van der Waals surface area contributed by atoms with Crippen molar-refractivity contribution >= 4 is 64.2 Å². The highest BCUT2D eigenvalue weighted by molar-refractivity contribution is 6.36. The van der Waals surface area contributed by atoms with Crippen LogP contribution < -0.4 is 15.1 Å². The highest BCUT2D eigenvalue weighted by Crippen LogP contribution is 2.64. The van der Waals surface area contributed by atoms with Crippen molar-refractivity contribution in [1.29, 1.82) is 0 Å². The number of halogens is 3. The molecule has 2 aliphatic carbocycles. The number of anilines is 2. The number of hydrogen-bond acceptors (Lipinski definition) is 8. The van der Waals surface area contributed by atoms with Crippen LogP contribution in [0, 0.1) is 29.5 Å². The predicted molar refractivity (Wildman–Crippen MR) is 195 cm³/mol. The van der Waals surface area contributed by atoms with Gasteiger partial charge in [0.1, 0.15) is 5.75 Å². The van der Waals surface area contributed by atoms with Gasteiger partial charge in [-0.15, -0.1) is 0 Å². The van der Waals surface area contributed by atoms with E-state index in [-0.39, 0.29) is 40.4 Å². The van der Waals surface area contributed by atoms with Gasteiger partial charge in [-0.2, -0.15) is 5.01 Å². The lowest BCUT2D eigenvalue weighted by Gasteiger charge is -2.50. The third-order valence-electron chi connectivity index (χ3n) is 11.2. The lowest BCUT2D eigenvalue weighted by atomic mass is 9.49. The SMILES string of the molecule is COc1ccc([C@@]23C(=O)N(Nc4ccc(Cl)cc4Cl)C(=O)[C@@H]2C[C@@H]2C(=CC[C@@H]4C(=O)N(c5cccc(C(=O)O)c5)C(=O)[C@@H]42)[C@@H]3c2ccc(O)c(F)c2)cc1. The standard InChI is InChI=1S/C40H30Cl2FN3O8/c1-54-24-9-6-21(7-10-24)40-28(36(49)46(39(40)53)44-31-13-8-22(41)17-29(31)42)18-27-25(34(40)19-5-14-32(47)30(43)16-19)11-12-26-33(27)37(50)45(35(26)48)23-4-2-3-20(15-23)38(51)52/h2-11,13-17,26-28,33-34,44,47H,12,18H2,1H3,(H,51,52)/t26-,27+,28-,33-,34-,40+/m0/s1. The number of ether oxygens (including phenoxy) is 1. The number of benzene rings is 4. The quantitative estimate of drug-likeness (QED) is 0.137. The molecule has 4 amide bonds. The monoisotopic (exact) mass is 769 g/mol. The Morgan fingerprint density at radius 3 is 2.37 bits per heavy atom. The number of carbonyl (C=O) groups is 5. The number of carboxylic acids is 1. The van der Waals surface area contributed by atoms with E-state index in [1.165, 1.54) is 61.7 Å². The van der Waals surface area contributed by atoms with Crippen LogP contribution in [0.1, 0.15) is 40.2 Å². The van der Waals surface area contributed by atoms with Gasteiger partial charge in [-0.25, -0.2) is 9.18 Å². The zero-order valence-electron chi connectivity index (χ0n) is 28.3. The molecular formula is C40H30Cl2FN3O8. The third-order valence-corrected chi connectivity index (χ3v) is 11.8. The van der Waals surface area contributed by atoms with Gasteiger partial charge in [0, 0.05) is 10.9 Å². The predicted octanol–water partition coefficient (Wildman–Crippen LogP) is 6.73. The first-order valence-corrected chi connectivity index (χ1v) is 17.8. The van der Waals surface area contributed by atoms with E-state index in [1.807, 2.05) is 0 Å². The summed E-state index contributed by atoms with van der Waals surface area (Å²) in [6.45, 7) is 0. The van der Waals surface area contributed by atoms with Crippen LogP contribution >= 0.6 is 23.2 Å². The minimum absolute atomic E-state index is 0.0464. The summed E-state index contributed by atoms with van der Waals surface area (Å²) in [5.74, 6) is -9.57. The molecule has 6 atom stereocenters. The van der Waals surface area contributed by atoms with Gasteiger partial charge in [-0.05, 0) is 90.6 Å². The van der Waals surface area contributed by atoms with Gasteiger partial charge in [-0.3, -0.25) is 29.5 Å². The van der Waals surface area contributed by atoms with E-state index >= 15 is 9.18 Å². The second kappa shape index (κ2) is 13.0. The zero-order chi connectivity index (χ0) is 38.2. The largest absolute Gasteiger partial charge is 0.505 e. The fourth-order valence-corrected chi connectivity index (χ4v) is 9.40. The number of aromatic hydroxyl groups is 1.